The van der Waals surface area contributed by atoms with E-state index < -0.39 is 297 Å². The van der Waals surface area contributed by atoms with Gasteiger partial charge >= 0.3 is 11.9 Å². The van der Waals surface area contributed by atoms with Gasteiger partial charge in [0.2, 0.25) is 106 Å². The topological polar surface area (TPSA) is 643 Å². The van der Waals surface area contributed by atoms with Crippen LogP contribution in [-0.2, 0) is 101 Å². The summed E-state index contributed by atoms with van der Waals surface area (Å²) >= 11 is 0. The molecule has 1 aliphatic rings. The van der Waals surface area contributed by atoms with Crippen LogP contribution in [0.25, 0.3) is 0 Å². The number of carbonyl (C=O) groups is 20. The second-order valence-electron chi connectivity index (χ2n) is 36.2. The van der Waals surface area contributed by atoms with Gasteiger partial charge < -0.3 is 107 Å². The van der Waals surface area contributed by atoms with Gasteiger partial charge in [0.15, 0.2) is 0 Å². The Kier molecular flexibility index (Phi) is 54.2. The first-order valence-corrected chi connectivity index (χ1v) is 45.2. The number of hydrogen-bond acceptors (Lipinski definition) is 21. The lowest BCUT2D eigenvalue weighted by atomic mass is 9.97. The van der Waals surface area contributed by atoms with Crippen molar-refractivity contribution in [2.45, 2.75) is 376 Å². The fourth-order valence-electron chi connectivity index (χ4n) is 14.0. The molecule has 0 aliphatic carbocycles. The molecule has 15 atom stereocenters. The largest absolute Gasteiger partial charge is 0.481 e. The van der Waals surface area contributed by atoms with Crippen LogP contribution in [0.2, 0.25) is 0 Å². The predicted molar refractivity (Wildman–Crippen MR) is 471 cm³/mol. The van der Waals surface area contributed by atoms with Crippen molar-refractivity contribution in [2.75, 3.05) is 6.61 Å². The predicted octanol–water partition coefficient (Wildman–Crippen LogP) is 1.16. The number of carboxylic acids is 1. The monoisotopic (exact) mass is 1800 g/mol. The van der Waals surface area contributed by atoms with Gasteiger partial charge in [-0.15, -0.1) is 0 Å². The Bertz CT molecular complexity index is 3650. The Labute approximate surface area is 747 Å². The van der Waals surface area contributed by atoms with E-state index in [-0.39, 0.29) is 68.6 Å². The maximum absolute atomic E-state index is 15.1. The molecule has 0 radical (unpaired) electrons. The molecule has 23 N–H and O–H groups in total. The van der Waals surface area contributed by atoms with Crippen LogP contribution in [0.4, 0.5) is 0 Å². The summed E-state index contributed by atoms with van der Waals surface area (Å²) in [5.41, 5.74) is 22.2. The molecule has 0 bridgehead atoms. The summed E-state index contributed by atoms with van der Waals surface area (Å²) in [5, 5.41) is 45.8. The second-order valence-corrected chi connectivity index (χ2v) is 36.2. The highest BCUT2D eigenvalue weighted by atomic mass is 16.5. The molecule has 127 heavy (non-hydrogen) atoms. The minimum atomic E-state index is -2.10. The van der Waals surface area contributed by atoms with Crippen molar-refractivity contribution in [3.8, 4) is 0 Å². The number of cyclic esters (lactones) is 1. The number of amides is 18. The molecule has 40 heteroatoms. The fourth-order valence-corrected chi connectivity index (χ4v) is 14.0. The molecule has 0 aromatic carbocycles. The second kappa shape index (κ2) is 60.2. The molecule has 1 saturated heterocycles. The molecule has 1 fully saturated rings. The third-order valence-electron chi connectivity index (χ3n) is 21.3. The van der Waals surface area contributed by atoms with E-state index in [9.17, 15) is 91.4 Å². The molecular formula is C87H152N18O22. The quantitative estimate of drug-likeness (QED) is 0.0300. The van der Waals surface area contributed by atoms with Gasteiger partial charge in [-0.3, -0.25) is 91.1 Å². The Hall–Kier alpha value is -10.6. The summed E-state index contributed by atoms with van der Waals surface area (Å²) in [6, 6.07) is -22.6. The Morgan fingerprint density at radius 3 is 1.10 bits per heavy atom. The van der Waals surface area contributed by atoms with Gasteiger partial charge in [-0.05, 0) is 118 Å². The minimum Gasteiger partial charge on any atom is -0.481 e. The minimum absolute atomic E-state index is 0.0444. The maximum atomic E-state index is 15.1. The van der Waals surface area contributed by atoms with E-state index in [0.717, 1.165) is 38.5 Å². The standard InChI is InChI=1S/C87H152N18O22/c1-18-20-21-22-23-24-25-26-27-28-29-69(110)92-59(40-46(3)4)79(118)97-58(34-39-70(111)112)74(113)93-56(32-37-67(90)108)77(116)103-71(51(13)14)85(124)100-63(44-50(11)12)82(121)95-55(31-36-66(89)107)76(115)102-64-45-127-87(126)73(53(17)19-2)105-78(117)57(33-38-68(91)109)96-80(119)60(41-47(5)6)99-83(122)61(42-48(7)8)98-75(114)54(30-35-65(88)106)94-81(120)62(43-49(9)10)101-86(125)72(52(15)16)104-84(64)123/h46-64,71-73H,18-45H2,1-17H3,(H2,88,106)(H2,89,107)(H2,90,108)(H2,91,109)(H,92,110)(H,93,113)(H,94,120)(H,95,121)(H,96,119)(H,97,118)(H,98,114)(H,99,122)(H,100,124)(H,101,125)(H,102,115)(H,103,116)(H,104,123)(H,105,117)(H,111,112)/t53-,54+,55-,56+,57+,58+,59-,60-,61-,62+,63+,64+,71+,72+,73-/m0/s1. The molecule has 722 valence electrons. The van der Waals surface area contributed by atoms with E-state index in [1.807, 2.05) is 0 Å². The Morgan fingerprint density at radius 2 is 0.717 bits per heavy atom. The van der Waals surface area contributed by atoms with Gasteiger partial charge in [0.25, 0.3) is 0 Å². The van der Waals surface area contributed by atoms with Crippen LogP contribution in [0, 0.1) is 47.3 Å². The van der Waals surface area contributed by atoms with E-state index in [2.05, 4.69) is 81.4 Å². The molecular weight excluding hydrogens is 1650 g/mol. The van der Waals surface area contributed by atoms with Crippen LogP contribution in [0.15, 0.2) is 0 Å². The number of hydrogen-bond donors (Lipinski definition) is 19. The molecule has 0 saturated carbocycles. The van der Waals surface area contributed by atoms with Crippen LogP contribution in [0.1, 0.15) is 291 Å². The first-order valence-electron chi connectivity index (χ1n) is 45.2. The first-order chi connectivity index (χ1) is 59.4. The zero-order valence-corrected chi connectivity index (χ0v) is 77.8. The van der Waals surface area contributed by atoms with Gasteiger partial charge in [0, 0.05) is 38.5 Å². The van der Waals surface area contributed by atoms with Crippen molar-refractivity contribution in [1.82, 2.24) is 74.4 Å². The third kappa shape index (κ3) is 47.2. The summed E-state index contributed by atoms with van der Waals surface area (Å²) in [6.45, 7) is 27.5. The normalized spacial score (nSPS) is 20.2. The number of esters is 1. The molecule has 0 unspecified atom stereocenters. The number of aliphatic carboxylic acids is 1. The summed E-state index contributed by atoms with van der Waals surface area (Å²) in [5.74, 6) is -24.4. The SMILES string of the molecule is CCCCCCCCCCCCC(=O)N[C@@H](CC(C)C)C(=O)N[C@H](CCC(=O)O)C(=O)N[C@H](CCC(N)=O)C(=O)N[C@@H](C(=O)N[C@H](CC(C)C)C(=O)N[C@@H](CCC(N)=O)C(=O)N[C@@H]1COC(=O)[C@H]([C@@H](C)CC)NC(=O)[C@@H](CCC(N)=O)NC(=O)[C@H](CC(C)C)NC(=O)[C@H](CC(C)C)NC(=O)[C@@H](CCC(N)=O)NC(=O)[C@@H](CC(C)C)NC(=O)[C@@H](C(C)C)NC1=O)C(C)C. The van der Waals surface area contributed by atoms with E-state index in [4.69, 9.17) is 27.7 Å². The number of carboxylic acid groups (broad SMARTS) is 1. The highest BCUT2D eigenvalue weighted by Gasteiger charge is 2.42. The number of rotatable bonds is 53. The third-order valence-corrected chi connectivity index (χ3v) is 21.3. The van der Waals surface area contributed by atoms with Crippen molar-refractivity contribution in [3.63, 3.8) is 0 Å². The molecule has 0 aromatic heterocycles. The number of nitrogens with two attached hydrogens (primary N) is 4. The highest BCUT2D eigenvalue weighted by Crippen LogP contribution is 2.20. The molecule has 0 spiro atoms. The lowest BCUT2D eigenvalue weighted by Gasteiger charge is -2.30. The van der Waals surface area contributed by atoms with Gasteiger partial charge in [-0.1, -0.05) is 182 Å². The smallest absolute Gasteiger partial charge is 0.329 e. The van der Waals surface area contributed by atoms with E-state index in [1.165, 1.54) is 53.9 Å². The maximum Gasteiger partial charge on any atom is 0.329 e. The summed E-state index contributed by atoms with van der Waals surface area (Å²) in [6.07, 6.45) is 4.94. The van der Waals surface area contributed by atoms with Crippen molar-refractivity contribution >= 4 is 118 Å². The van der Waals surface area contributed by atoms with Gasteiger partial charge in [-0.2, -0.15) is 0 Å². The molecule has 18 amide bonds. The van der Waals surface area contributed by atoms with Crippen LogP contribution in [-0.4, -0.2) is 215 Å². The number of carbonyl (C=O) groups excluding carboxylic acids is 19. The molecule has 1 rings (SSSR count). The number of nitrogens with one attached hydrogen (secondary N) is 14. The van der Waals surface area contributed by atoms with Crippen molar-refractivity contribution in [3.05, 3.63) is 0 Å². The van der Waals surface area contributed by atoms with Crippen LogP contribution < -0.4 is 97.4 Å². The van der Waals surface area contributed by atoms with Gasteiger partial charge in [0.05, 0.1) is 0 Å². The summed E-state index contributed by atoms with van der Waals surface area (Å²) in [7, 11) is 0. The van der Waals surface area contributed by atoms with Crippen LogP contribution >= 0.6 is 0 Å². The van der Waals surface area contributed by atoms with Crippen molar-refractivity contribution in [2.24, 2.45) is 70.3 Å². The molecule has 40 nitrogen and oxygen atoms in total. The highest BCUT2D eigenvalue weighted by molar-refractivity contribution is 6.01. The summed E-state index contributed by atoms with van der Waals surface area (Å²) < 4.78 is 5.80. The molecule has 1 heterocycles. The van der Waals surface area contributed by atoms with Gasteiger partial charge in [-0.25, -0.2) is 4.79 Å². The zero-order valence-electron chi connectivity index (χ0n) is 77.8. The average molecular weight is 1800 g/mol. The summed E-state index contributed by atoms with van der Waals surface area (Å²) in [4.78, 5) is 280. The van der Waals surface area contributed by atoms with Crippen molar-refractivity contribution in [1.29, 1.82) is 0 Å². The Morgan fingerprint density at radius 1 is 0.370 bits per heavy atom. The average Bonchev–Trinajstić information content (AvgIpc) is 1.33. The molecule has 0 aromatic rings. The lowest BCUT2D eigenvalue weighted by molar-refractivity contribution is -0.152. The zero-order chi connectivity index (χ0) is 96.7. The Balaban J connectivity index is 4.17. The number of unbranched alkanes of at least 4 members (excludes halogenated alkanes) is 9. The van der Waals surface area contributed by atoms with Crippen LogP contribution in [0.5, 0.6) is 0 Å². The van der Waals surface area contributed by atoms with Gasteiger partial charge in [0.1, 0.15) is 91.2 Å². The van der Waals surface area contributed by atoms with E-state index >= 15 is 9.59 Å². The molecule has 1 aliphatic heterocycles. The van der Waals surface area contributed by atoms with Crippen LogP contribution in [0.3, 0.4) is 0 Å². The fraction of sp³-hybridized carbons (Fsp3) is 0.770. The van der Waals surface area contributed by atoms with Crippen molar-refractivity contribution < 1.29 is 106 Å². The number of primary amides is 4. The number of ether oxygens (including phenoxy) is 1. The van der Waals surface area contributed by atoms with E-state index in [0.29, 0.717) is 6.42 Å². The van der Waals surface area contributed by atoms with E-state index in [1.54, 1.807) is 76.2 Å². The first kappa shape index (κ1) is 114. The lowest BCUT2D eigenvalue weighted by Crippen LogP contribution is -2.62.